The van der Waals surface area contributed by atoms with Gasteiger partial charge in [-0.2, -0.15) is 5.10 Å². The van der Waals surface area contributed by atoms with Crippen molar-refractivity contribution in [2.45, 2.75) is 20.4 Å². The molecular weight excluding hydrogens is 426 g/mol. The molecule has 4 aromatic rings. The van der Waals surface area contributed by atoms with Crippen LogP contribution in [0.1, 0.15) is 10.7 Å². The van der Waals surface area contributed by atoms with Crippen LogP contribution >= 0.6 is 34.3 Å². The second-order valence-electron chi connectivity index (χ2n) is 6.03. The average molecular weight is 446 g/mol. The lowest BCUT2D eigenvalue weighted by Gasteiger charge is -1.98. The Labute approximate surface area is 182 Å². The van der Waals surface area contributed by atoms with E-state index in [9.17, 15) is 4.79 Å². The Morgan fingerprint density at radius 1 is 1.24 bits per heavy atom. The Morgan fingerprint density at radius 2 is 2.03 bits per heavy atom. The number of aldehydes is 1. The summed E-state index contributed by atoms with van der Waals surface area (Å²) in [5.41, 5.74) is 3.95. The maximum atomic E-state index is 10.3. The molecule has 6 nitrogen and oxygen atoms in total. The number of nitrogens with zero attached hydrogens (tertiary/aromatic N) is 4. The predicted octanol–water partition coefficient (Wildman–Crippen LogP) is 5.33. The Balaban J connectivity index is 0.000000166. The van der Waals surface area contributed by atoms with Crippen molar-refractivity contribution in [2.75, 3.05) is 12.4 Å². The number of thiazole rings is 2. The molecule has 0 atom stereocenters. The van der Waals surface area contributed by atoms with Crippen molar-refractivity contribution in [3.05, 3.63) is 57.8 Å². The van der Waals surface area contributed by atoms with Crippen molar-refractivity contribution < 1.29 is 4.79 Å². The molecule has 150 valence electrons. The summed E-state index contributed by atoms with van der Waals surface area (Å²) >= 11 is 9.35. The van der Waals surface area contributed by atoms with E-state index < -0.39 is 0 Å². The Kier molecular flexibility index (Phi) is 7.13. The number of carbonyl (C=O) groups is 1. The summed E-state index contributed by atoms with van der Waals surface area (Å²) in [6.45, 7) is 4.31. The lowest BCUT2D eigenvalue weighted by atomic mass is 10.1. The minimum atomic E-state index is 0.268. The monoisotopic (exact) mass is 445 g/mol. The fourth-order valence-corrected chi connectivity index (χ4v) is 4.50. The van der Waals surface area contributed by atoms with Gasteiger partial charge in [-0.05, 0) is 19.9 Å². The average Bonchev–Trinajstić information content (AvgIpc) is 3.43. The zero-order valence-electron chi connectivity index (χ0n) is 16.2. The third-order valence-corrected chi connectivity index (χ3v) is 6.22. The third-order valence-electron chi connectivity index (χ3n) is 3.93. The van der Waals surface area contributed by atoms with E-state index in [0.717, 1.165) is 38.9 Å². The van der Waals surface area contributed by atoms with Crippen LogP contribution in [0.5, 0.6) is 0 Å². The minimum absolute atomic E-state index is 0.268. The first-order valence-corrected chi connectivity index (χ1v) is 10.9. The maximum Gasteiger partial charge on any atom is 0.182 e. The number of hydrogen-bond donors (Lipinski definition) is 1. The number of hydrogen-bond acceptors (Lipinski definition) is 7. The van der Waals surface area contributed by atoms with Crippen LogP contribution in [0.4, 0.5) is 5.13 Å². The van der Waals surface area contributed by atoms with E-state index in [1.54, 1.807) is 39.7 Å². The summed E-state index contributed by atoms with van der Waals surface area (Å²) < 4.78 is 1.58. The summed E-state index contributed by atoms with van der Waals surface area (Å²) in [4.78, 5) is 20.3. The molecule has 0 saturated heterocycles. The molecule has 1 aromatic carbocycles. The van der Waals surface area contributed by atoms with Gasteiger partial charge in [-0.15, -0.1) is 22.7 Å². The molecule has 0 fully saturated rings. The highest BCUT2D eigenvalue weighted by Gasteiger charge is 2.10. The topological polar surface area (TPSA) is 72.7 Å². The van der Waals surface area contributed by atoms with Gasteiger partial charge in [0, 0.05) is 34.8 Å². The lowest BCUT2D eigenvalue weighted by Crippen LogP contribution is -1.97. The number of benzene rings is 1. The lowest BCUT2D eigenvalue weighted by molar-refractivity contribution is -0.108. The van der Waals surface area contributed by atoms with Crippen LogP contribution in [-0.4, -0.2) is 33.1 Å². The summed E-state index contributed by atoms with van der Waals surface area (Å²) in [5, 5.41) is 11.9. The number of halogens is 1. The Bertz CT molecular complexity index is 1100. The van der Waals surface area contributed by atoms with Crippen LogP contribution < -0.4 is 5.32 Å². The van der Waals surface area contributed by atoms with Crippen LogP contribution in [0, 0.1) is 13.8 Å². The van der Waals surface area contributed by atoms with E-state index in [-0.39, 0.29) is 6.54 Å². The molecule has 0 aliphatic rings. The number of nitrogens with one attached hydrogen (secondary N) is 1. The van der Waals surface area contributed by atoms with Crippen molar-refractivity contribution in [3.63, 3.8) is 0 Å². The highest BCUT2D eigenvalue weighted by Crippen LogP contribution is 2.31. The van der Waals surface area contributed by atoms with Crippen molar-refractivity contribution in [3.8, 4) is 21.7 Å². The van der Waals surface area contributed by atoms with E-state index >= 15 is 0 Å². The number of anilines is 1. The Morgan fingerprint density at radius 3 is 2.66 bits per heavy atom. The molecule has 0 spiro atoms. The van der Waals surface area contributed by atoms with Crippen LogP contribution in [0.3, 0.4) is 0 Å². The van der Waals surface area contributed by atoms with Gasteiger partial charge in [0.25, 0.3) is 0 Å². The first-order chi connectivity index (χ1) is 14.0. The fraction of sp³-hybridized carbons (Fsp3) is 0.200. The maximum absolute atomic E-state index is 10.3. The van der Waals surface area contributed by atoms with Crippen LogP contribution in [0.25, 0.3) is 21.7 Å². The molecule has 0 aliphatic carbocycles. The molecule has 0 saturated carbocycles. The zero-order chi connectivity index (χ0) is 20.8. The van der Waals surface area contributed by atoms with Crippen LogP contribution in [-0.2, 0) is 11.3 Å². The third kappa shape index (κ3) is 5.29. The van der Waals surface area contributed by atoms with E-state index in [1.165, 1.54) is 4.88 Å². The second kappa shape index (κ2) is 9.78. The molecule has 29 heavy (non-hydrogen) atoms. The number of aromatic nitrogens is 4. The minimum Gasteiger partial charge on any atom is -0.365 e. The van der Waals surface area contributed by atoms with E-state index in [2.05, 4.69) is 25.8 Å². The van der Waals surface area contributed by atoms with Gasteiger partial charge in [0.15, 0.2) is 5.13 Å². The highest BCUT2D eigenvalue weighted by atomic mass is 35.5. The first-order valence-electron chi connectivity index (χ1n) is 8.80. The van der Waals surface area contributed by atoms with E-state index in [1.807, 2.05) is 45.2 Å². The first kappa shape index (κ1) is 21.2. The van der Waals surface area contributed by atoms with E-state index in [0.29, 0.717) is 5.02 Å². The molecular formula is C20H20ClN5OS2. The van der Waals surface area contributed by atoms with Gasteiger partial charge in [0.2, 0.25) is 0 Å². The van der Waals surface area contributed by atoms with Crippen molar-refractivity contribution >= 4 is 45.7 Å². The van der Waals surface area contributed by atoms with Gasteiger partial charge in [0.05, 0.1) is 34.0 Å². The van der Waals surface area contributed by atoms with E-state index in [4.69, 9.17) is 11.6 Å². The largest absolute Gasteiger partial charge is 0.365 e. The molecule has 9 heteroatoms. The summed E-state index contributed by atoms with van der Waals surface area (Å²) in [7, 11) is 1.88. The normalized spacial score (nSPS) is 10.3. The molecule has 0 bridgehead atoms. The molecule has 3 heterocycles. The summed E-state index contributed by atoms with van der Waals surface area (Å²) in [5.74, 6) is 0. The molecule has 0 amide bonds. The molecule has 4 rings (SSSR count). The molecule has 3 aromatic heterocycles. The van der Waals surface area contributed by atoms with Gasteiger partial charge in [-0.1, -0.05) is 29.8 Å². The number of carbonyl (C=O) groups excluding carboxylic acids is 1. The van der Waals surface area contributed by atoms with Gasteiger partial charge in [0.1, 0.15) is 6.29 Å². The molecule has 0 radical (unpaired) electrons. The number of rotatable bonds is 5. The quantitative estimate of drug-likeness (QED) is 0.420. The SMILES string of the molecule is CNc1nc(-c2sc(C)nc2C)cs1.O=CCn1cc(-c2ccccc2Cl)cn1. The highest BCUT2D eigenvalue weighted by molar-refractivity contribution is 7.16. The van der Waals surface area contributed by atoms with Gasteiger partial charge in [-0.25, -0.2) is 9.97 Å². The predicted molar refractivity (Wildman–Crippen MR) is 121 cm³/mol. The van der Waals surface area contributed by atoms with Crippen LogP contribution in [0.2, 0.25) is 5.02 Å². The van der Waals surface area contributed by atoms with Gasteiger partial charge >= 0.3 is 0 Å². The van der Waals surface area contributed by atoms with Crippen LogP contribution in [0.15, 0.2) is 42.0 Å². The molecule has 1 N–H and O–H groups in total. The summed E-state index contributed by atoms with van der Waals surface area (Å²) in [6, 6.07) is 7.54. The zero-order valence-corrected chi connectivity index (χ0v) is 18.6. The van der Waals surface area contributed by atoms with Gasteiger partial charge < -0.3 is 10.1 Å². The Hall–Kier alpha value is -2.55. The van der Waals surface area contributed by atoms with Crippen molar-refractivity contribution in [1.29, 1.82) is 0 Å². The van der Waals surface area contributed by atoms with Crippen molar-refractivity contribution in [1.82, 2.24) is 19.7 Å². The number of aryl methyl sites for hydroxylation is 2. The second-order valence-corrected chi connectivity index (χ2v) is 8.50. The molecule has 0 aliphatic heterocycles. The smallest absolute Gasteiger partial charge is 0.182 e. The van der Waals surface area contributed by atoms with Crippen molar-refractivity contribution in [2.24, 2.45) is 0 Å². The van der Waals surface area contributed by atoms with Gasteiger partial charge in [-0.3, -0.25) is 4.68 Å². The summed E-state index contributed by atoms with van der Waals surface area (Å²) in [6.07, 6.45) is 4.31. The standard InChI is InChI=1S/C11H9ClN2O.C9H11N3S2/c12-11-4-2-1-3-10(11)9-7-13-14(8-9)5-6-15;1-5-8(14-6(2)11-5)7-4-13-9(10-3)12-7/h1-4,6-8H,5H2;4H,1-3H3,(H,10,12). The molecule has 0 unspecified atom stereocenters. The fourth-order valence-electron chi connectivity index (χ4n) is 2.64.